The van der Waals surface area contributed by atoms with Gasteiger partial charge in [-0.2, -0.15) is 0 Å². The van der Waals surface area contributed by atoms with E-state index in [1.54, 1.807) is 0 Å². The Kier molecular flexibility index (Phi) is 5.19. The molecule has 126 valence electrons. The molecule has 24 heavy (non-hydrogen) atoms. The Morgan fingerprint density at radius 3 is 2.58 bits per heavy atom. The lowest BCUT2D eigenvalue weighted by Crippen LogP contribution is -2.06. The lowest BCUT2D eigenvalue weighted by atomic mass is 10.1. The highest BCUT2D eigenvalue weighted by Crippen LogP contribution is 2.24. The smallest absolute Gasteiger partial charge is 0.139 e. The van der Waals surface area contributed by atoms with Gasteiger partial charge in [-0.25, -0.2) is 4.98 Å². The molecule has 0 spiro atoms. The molecule has 0 fully saturated rings. The van der Waals surface area contributed by atoms with Crippen molar-refractivity contribution >= 4 is 11.5 Å². The molecule has 0 bridgehead atoms. The Labute approximate surface area is 144 Å². The Hall–Kier alpha value is -2.29. The van der Waals surface area contributed by atoms with Crippen molar-refractivity contribution in [3.05, 3.63) is 65.0 Å². The molecule has 1 aromatic carbocycles. The van der Waals surface area contributed by atoms with E-state index in [1.165, 1.54) is 41.8 Å². The number of unbranched alkanes of at least 4 members (excludes halogenated alkanes) is 2. The molecular formula is C21H27N3. The normalized spacial score (nSPS) is 11.1. The zero-order valence-corrected chi connectivity index (χ0v) is 15.0. The summed E-state index contributed by atoms with van der Waals surface area (Å²) in [5.41, 5.74) is 6.02. The van der Waals surface area contributed by atoms with Crippen LogP contribution < -0.4 is 5.32 Å². The minimum atomic E-state index is 0.822. The first-order chi connectivity index (χ1) is 11.7. The summed E-state index contributed by atoms with van der Waals surface area (Å²) in [6, 6.07) is 14.9. The molecule has 0 saturated heterocycles. The van der Waals surface area contributed by atoms with Crippen LogP contribution in [0.25, 0.3) is 5.65 Å². The van der Waals surface area contributed by atoms with Gasteiger partial charge < -0.3 is 5.32 Å². The molecule has 2 heterocycles. The minimum Gasteiger partial charge on any atom is -0.366 e. The van der Waals surface area contributed by atoms with Crippen LogP contribution in [-0.2, 0) is 13.0 Å². The first-order valence-corrected chi connectivity index (χ1v) is 8.95. The highest BCUT2D eigenvalue weighted by Gasteiger charge is 2.13. The van der Waals surface area contributed by atoms with E-state index < -0.39 is 0 Å². The van der Waals surface area contributed by atoms with Gasteiger partial charge in [-0.3, -0.25) is 4.40 Å². The Bertz CT molecular complexity index is 803. The van der Waals surface area contributed by atoms with E-state index >= 15 is 0 Å². The molecule has 0 unspecified atom stereocenters. The lowest BCUT2D eigenvalue weighted by molar-refractivity contribution is 0.710. The Balaban J connectivity index is 1.93. The zero-order chi connectivity index (χ0) is 16.9. The second-order valence-corrected chi connectivity index (χ2v) is 6.57. The predicted octanol–water partition coefficient (Wildman–Crippen LogP) is 5.30. The number of pyridine rings is 1. The van der Waals surface area contributed by atoms with Gasteiger partial charge in [0.05, 0.1) is 5.69 Å². The molecule has 3 nitrogen and oxygen atoms in total. The van der Waals surface area contributed by atoms with E-state index in [4.69, 9.17) is 4.98 Å². The molecule has 0 radical (unpaired) electrons. The molecule has 0 aliphatic rings. The monoisotopic (exact) mass is 321 g/mol. The van der Waals surface area contributed by atoms with Crippen LogP contribution in [0.5, 0.6) is 0 Å². The summed E-state index contributed by atoms with van der Waals surface area (Å²) in [5, 5.41) is 3.64. The van der Waals surface area contributed by atoms with Gasteiger partial charge in [0.15, 0.2) is 0 Å². The van der Waals surface area contributed by atoms with Crippen LogP contribution in [0.15, 0.2) is 42.5 Å². The van der Waals surface area contributed by atoms with Crippen molar-refractivity contribution in [2.24, 2.45) is 0 Å². The fourth-order valence-electron chi connectivity index (χ4n) is 3.26. The largest absolute Gasteiger partial charge is 0.366 e. The molecule has 3 heteroatoms. The van der Waals surface area contributed by atoms with Gasteiger partial charge in [-0.15, -0.1) is 0 Å². The van der Waals surface area contributed by atoms with Crippen LogP contribution in [0.3, 0.4) is 0 Å². The van der Waals surface area contributed by atoms with Crippen molar-refractivity contribution in [1.82, 2.24) is 9.38 Å². The number of hydrogen-bond donors (Lipinski definition) is 1. The molecule has 0 aliphatic carbocycles. The van der Waals surface area contributed by atoms with Crippen LogP contribution in [-0.4, -0.2) is 9.38 Å². The number of hydrogen-bond acceptors (Lipinski definition) is 2. The molecule has 0 atom stereocenters. The zero-order valence-electron chi connectivity index (χ0n) is 15.0. The van der Waals surface area contributed by atoms with E-state index in [2.05, 4.69) is 73.0 Å². The summed E-state index contributed by atoms with van der Waals surface area (Å²) in [5.74, 6) is 1.16. The summed E-state index contributed by atoms with van der Waals surface area (Å²) < 4.78 is 2.26. The molecule has 0 saturated carbocycles. The van der Waals surface area contributed by atoms with Crippen LogP contribution in [0.2, 0.25) is 0 Å². The van der Waals surface area contributed by atoms with Crippen LogP contribution in [0, 0.1) is 13.8 Å². The Morgan fingerprint density at radius 1 is 1.04 bits per heavy atom. The molecule has 2 aromatic heterocycles. The fraction of sp³-hybridized carbons (Fsp3) is 0.381. The van der Waals surface area contributed by atoms with Crippen LogP contribution in [0.1, 0.15) is 48.7 Å². The average Bonchev–Trinajstić information content (AvgIpc) is 2.92. The highest BCUT2D eigenvalue weighted by molar-refractivity contribution is 5.58. The summed E-state index contributed by atoms with van der Waals surface area (Å²) in [7, 11) is 0. The maximum Gasteiger partial charge on any atom is 0.139 e. The molecule has 0 aliphatic heterocycles. The number of rotatable bonds is 7. The topological polar surface area (TPSA) is 29.3 Å². The van der Waals surface area contributed by atoms with Crippen molar-refractivity contribution in [2.75, 3.05) is 5.32 Å². The van der Waals surface area contributed by atoms with Crippen LogP contribution >= 0.6 is 0 Å². The highest BCUT2D eigenvalue weighted by atomic mass is 15.1. The van der Waals surface area contributed by atoms with Crippen molar-refractivity contribution in [3.8, 4) is 0 Å². The predicted molar refractivity (Wildman–Crippen MR) is 102 cm³/mol. The standard InChI is InChI=1S/C21H27N3/c1-4-5-7-12-19-21(22-15-18-10-8-6-9-11-18)24-17(3)13-16(2)14-20(24)23-19/h6,8-11,13-14,22H,4-5,7,12,15H2,1-3H3. The number of aromatic nitrogens is 2. The van der Waals surface area contributed by atoms with Gasteiger partial charge >= 0.3 is 0 Å². The Morgan fingerprint density at radius 2 is 1.83 bits per heavy atom. The number of benzene rings is 1. The van der Waals surface area contributed by atoms with E-state index in [0.29, 0.717) is 0 Å². The van der Waals surface area contributed by atoms with Crippen LogP contribution in [0.4, 0.5) is 5.82 Å². The van der Waals surface area contributed by atoms with E-state index in [1.807, 2.05) is 0 Å². The maximum absolute atomic E-state index is 4.92. The third-order valence-corrected chi connectivity index (χ3v) is 4.44. The van der Waals surface area contributed by atoms with Crippen molar-refractivity contribution in [3.63, 3.8) is 0 Å². The molecule has 3 rings (SSSR count). The summed E-state index contributed by atoms with van der Waals surface area (Å²) in [6.07, 6.45) is 4.71. The fourth-order valence-corrected chi connectivity index (χ4v) is 3.26. The van der Waals surface area contributed by atoms with Crippen molar-refractivity contribution < 1.29 is 0 Å². The minimum absolute atomic E-state index is 0.822. The molecule has 0 amide bonds. The number of nitrogens with zero attached hydrogens (tertiary/aromatic N) is 2. The first kappa shape index (κ1) is 16.6. The molecule has 3 aromatic rings. The third kappa shape index (κ3) is 3.61. The number of aryl methyl sites for hydroxylation is 3. The van der Waals surface area contributed by atoms with E-state index in [0.717, 1.165) is 24.4 Å². The summed E-state index contributed by atoms with van der Waals surface area (Å²) in [4.78, 5) is 4.92. The maximum atomic E-state index is 4.92. The third-order valence-electron chi connectivity index (χ3n) is 4.44. The second kappa shape index (κ2) is 7.52. The van der Waals surface area contributed by atoms with E-state index in [9.17, 15) is 0 Å². The first-order valence-electron chi connectivity index (χ1n) is 8.95. The van der Waals surface area contributed by atoms with Gasteiger partial charge in [0.1, 0.15) is 11.5 Å². The van der Waals surface area contributed by atoms with Crippen molar-refractivity contribution in [1.29, 1.82) is 0 Å². The number of nitrogens with one attached hydrogen (secondary N) is 1. The van der Waals surface area contributed by atoms with Gasteiger partial charge in [-0.1, -0.05) is 50.1 Å². The van der Waals surface area contributed by atoms with Gasteiger partial charge in [0, 0.05) is 12.2 Å². The SMILES string of the molecule is CCCCCc1nc2cc(C)cc(C)n2c1NCc1ccccc1. The van der Waals surface area contributed by atoms with Gasteiger partial charge in [0.25, 0.3) is 0 Å². The van der Waals surface area contributed by atoms with Gasteiger partial charge in [-0.05, 0) is 49.9 Å². The molecular weight excluding hydrogens is 294 g/mol. The molecule has 1 N–H and O–H groups in total. The van der Waals surface area contributed by atoms with Crippen molar-refractivity contribution in [2.45, 2.75) is 53.0 Å². The number of fused-ring (bicyclic) bond motifs is 1. The second-order valence-electron chi connectivity index (χ2n) is 6.57. The lowest BCUT2D eigenvalue weighted by Gasteiger charge is -2.11. The number of imidazole rings is 1. The number of anilines is 1. The van der Waals surface area contributed by atoms with Gasteiger partial charge in [0.2, 0.25) is 0 Å². The quantitative estimate of drug-likeness (QED) is 0.599. The average molecular weight is 321 g/mol. The summed E-state index contributed by atoms with van der Waals surface area (Å²) >= 11 is 0. The summed E-state index contributed by atoms with van der Waals surface area (Å²) in [6.45, 7) is 7.36. The van der Waals surface area contributed by atoms with E-state index in [-0.39, 0.29) is 0 Å².